The Kier molecular flexibility index (Phi) is 12.9. The normalized spacial score (nSPS) is 52.9. The number of rotatable bonds is 10. The Morgan fingerprint density at radius 3 is 1.60 bits per heavy atom. The van der Waals surface area contributed by atoms with Crippen molar-refractivity contribution in [2.75, 3.05) is 26.4 Å². The van der Waals surface area contributed by atoms with E-state index in [1.807, 2.05) is 0 Å². The van der Waals surface area contributed by atoms with Crippen LogP contribution in [0.4, 0.5) is 0 Å². The Balaban J connectivity index is 1.41. The molecule has 19 heteroatoms. The molecule has 0 saturated carbocycles. The van der Waals surface area contributed by atoms with E-state index in [4.69, 9.17) is 28.4 Å². The topological polar surface area (TPSA) is 318 Å². The van der Waals surface area contributed by atoms with Crippen molar-refractivity contribution >= 4 is 0 Å². The summed E-state index contributed by atoms with van der Waals surface area (Å²) in [6.07, 6.45) is -29.3. The van der Waals surface area contributed by atoms with E-state index in [2.05, 4.69) is 0 Å². The molecule has 0 aromatic heterocycles. The Morgan fingerprint density at radius 1 is 0.467 bits per heavy atom. The van der Waals surface area contributed by atoms with E-state index in [1.54, 1.807) is 0 Å². The quantitative estimate of drug-likeness (QED) is 0.103. The molecule has 45 heavy (non-hydrogen) atoms. The molecule has 4 aliphatic heterocycles. The van der Waals surface area contributed by atoms with Gasteiger partial charge in [-0.15, -0.1) is 0 Å². The van der Waals surface area contributed by atoms with Gasteiger partial charge in [-0.25, -0.2) is 0 Å². The second-order valence-corrected chi connectivity index (χ2v) is 12.0. The van der Waals surface area contributed by atoms with Crippen LogP contribution in [0.25, 0.3) is 0 Å². The van der Waals surface area contributed by atoms with Crippen molar-refractivity contribution in [1.29, 1.82) is 0 Å². The van der Waals surface area contributed by atoms with Gasteiger partial charge in [0, 0.05) is 5.92 Å². The molecule has 0 aromatic carbocycles. The summed E-state index contributed by atoms with van der Waals surface area (Å²) in [6.45, 7) is -1.17. The van der Waals surface area contributed by atoms with Gasteiger partial charge in [-0.3, -0.25) is 0 Å². The SMILES string of the molecule is CC1O[C@H](CO)[C@@H](C[C@H]2O[C@H](CO)[C@@H](O[C@H]3O[C@H](CO[C@H]4O[C@H](CO)[C@@H](O)[C@H](O)[C@H]4O)[C@@H](O)[C@H](O)[C@H]3O)[C@H](O)[C@@H]2O)[C@H](O)[C@H]1O. The molecule has 4 saturated heterocycles. The molecule has 0 spiro atoms. The minimum Gasteiger partial charge on any atom is -0.394 e. The van der Waals surface area contributed by atoms with Crippen molar-refractivity contribution in [2.24, 2.45) is 5.92 Å². The fourth-order valence-electron chi connectivity index (χ4n) is 6.19. The molecule has 4 aliphatic rings. The summed E-state index contributed by atoms with van der Waals surface area (Å²) < 4.78 is 33.1. The van der Waals surface area contributed by atoms with E-state index in [1.165, 1.54) is 6.92 Å². The van der Waals surface area contributed by atoms with Crippen LogP contribution in [0, 0.1) is 5.92 Å². The summed E-state index contributed by atoms with van der Waals surface area (Å²) in [7, 11) is 0. The molecule has 0 radical (unpaired) electrons. The number of hydrogen-bond acceptors (Lipinski definition) is 19. The Morgan fingerprint density at radius 2 is 1.00 bits per heavy atom. The van der Waals surface area contributed by atoms with E-state index in [-0.39, 0.29) is 6.42 Å². The number of aliphatic hydroxyl groups excluding tert-OH is 13. The first-order valence-corrected chi connectivity index (χ1v) is 14.8. The molecular formula is C26H46O19. The molecular weight excluding hydrogens is 616 g/mol. The minimum absolute atomic E-state index is 0.220. The van der Waals surface area contributed by atoms with Crippen LogP contribution in [0.2, 0.25) is 0 Å². The van der Waals surface area contributed by atoms with Gasteiger partial charge in [-0.05, 0) is 13.3 Å². The number of aliphatic hydroxyl groups is 13. The zero-order valence-electron chi connectivity index (χ0n) is 24.3. The van der Waals surface area contributed by atoms with Crippen molar-refractivity contribution in [3.05, 3.63) is 0 Å². The van der Waals surface area contributed by atoms with Crippen molar-refractivity contribution in [3.63, 3.8) is 0 Å². The lowest BCUT2D eigenvalue weighted by atomic mass is 9.80. The van der Waals surface area contributed by atoms with Gasteiger partial charge >= 0.3 is 0 Å². The Labute approximate surface area is 257 Å². The number of hydrogen-bond donors (Lipinski definition) is 13. The van der Waals surface area contributed by atoms with Gasteiger partial charge in [-0.2, -0.15) is 0 Å². The van der Waals surface area contributed by atoms with Gasteiger partial charge in [0.25, 0.3) is 0 Å². The molecule has 1 unspecified atom stereocenters. The van der Waals surface area contributed by atoms with Crippen LogP contribution in [-0.4, -0.2) is 209 Å². The van der Waals surface area contributed by atoms with Crippen LogP contribution in [0.1, 0.15) is 13.3 Å². The molecule has 0 aliphatic carbocycles. The molecule has 0 amide bonds. The third-order valence-electron chi connectivity index (χ3n) is 9.02. The highest BCUT2D eigenvalue weighted by atomic mass is 16.7. The van der Waals surface area contributed by atoms with E-state index in [9.17, 15) is 66.4 Å². The predicted molar refractivity (Wildman–Crippen MR) is 141 cm³/mol. The summed E-state index contributed by atoms with van der Waals surface area (Å²) in [5.41, 5.74) is 0. The van der Waals surface area contributed by atoms with Crippen LogP contribution in [0.3, 0.4) is 0 Å². The fourth-order valence-corrected chi connectivity index (χ4v) is 6.19. The Bertz CT molecular complexity index is 911. The van der Waals surface area contributed by atoms with Gasteiger partial charge in [0.1, 0.15) is 79.4 Å². The molecule has 264 valence electrons. The largest absolute Gasteiger partial charge is 0.394 e. The minimum atomic E-state index is -1.92. The van der Waals surface area contributed by atoms with Crippen LogP contribution in [-0.2, 0) is 28.4 Å². The summed E-state index contributed by atoms with van der Waals surface area (Å²) >= 11 is 0. The maximum atomic E-state index is 11.0. The molecule has 0 bridgehead atoms. The third kappa shape index (κ3) is 7.62. The monoisotopic (exact) mass is 662 g/mol. The summed E-state index contributed by atoms with van der Waals surface area (Å²) in [4.78, 5) is 0. The predicted octanol–water partition coefficient (Wildman–Crippen LogP) is -8.02. The maximum Gasteiger partial charge on any atom is 0.187 e. The highest BCUT2D eigenvalue weighted by Gasteiger charge is 2.53. The van der Waals surface area contributed by atoms with Crippen LogP contribution in [0.5, 0.6) is 0 Å². The number of ether oxygens (including phenoxy) is 6. The summed E-state index contributed by atoms with van der Waals surface area (Å²) in [6, 6.07) is 0. The molecule has 19 nitrogen and oxygen atoms in total. The van der Waals surface area contributed by atoms with Gasteiger partial charge < -0.3 is 94.8 Å². The molecule has 4 rings (SSSR count). The highest BCUT2D eigenvalue weighted by molar-refractivity contribution is 4.99. The van der Waals surface area contributed by atoms with Crippen molar-refractivity contribution in [3.8, 4) is 0 Å². The first-order chi connectivity index (χ1) is 21.2. The third-order valence-corrected chi connectivity index (χ3v) is 9.02. The first kappa shape index (κ1) is 37.1. The van der Waals surface area contributed by atoms with Crippen LogP contribution < -0.4 is 0 Å². The standard InChI is InChI=1S/C26H46O19/c1-7-14(30)15(31)8(10(3-27)41-7)2-9-16(32)21(37)24(12(5-29)42-9)45-26-23(39)20(36)18(34)13(44-26)6-40-25-22(38)19(35)17(33)11(4-28)43-25/h7-39H,2-6H2,1H3/t7?,8-,9-,10-,11-,12-,13-,14+,15+,16-,17-,18-,19+,20+,21-,22-,23-,24-,25+,26-/m1/s1. The van der Waals surface area contributed by atoms with Crippen molar-refractivity contribution in [1.82, 2.24) is 0 Å². The average Bonchev–Trinajstić information content (AvgIpc) is 3.03. The molecule has 0 aromatic rings. The molecule has 13 N–H and O–H groups in total. The van der Waals surface area contributed by atoms with Gasteiger partial charge in [0.2, 0.25) is 0 Å². The van der Waals surface area contributed by atoms with E-state index in [0.717, 1.165) is 0 Å². The highest BCUT2D eigenvalue weighted by Crippen LogP contribution is 2.35. The zero-order chi connectivity index (χ0) is 33.3. The second-order valence-electron chi connectivity index (χ2n) is 12.0. The molecule has 20 atom stereocenters. The van der Waals surface area contributed by atoms with Gasteiger partial charge in [0.15, 0.2) is 12.6 Å². The van der Waals surface area contributed by atoms with Gasteiger partial charge in [0.05, 0.1) is 50.8 Å². The zero-order valence-corrected chi connectivity index (χ0v) is 24.3. The Hall–Kier alpha value is -0.760. The molecule has 4 fully saturated rings. The summed E-state index contributed by atoms with van der Waals surface area (Å²) in [5.74, 6) is -0.936. The van der Waals surface area contributed by atoms with Gasteiger partial charge in [-0.1, -0.05) is 0 Å². The van der Waals surface area contributed by atoms with Crippen molar-refractivity contribution in [2.45, 2.75) is 130 Å². The van der Waals surface area contributed by atoms with E-state index < -0.39 is 149 Å². The smallest absolute Gasteiger partial charge is 0.187 e. The molecule has 4 heterocycles. The van der Waals surface area contributed by atoms with Crippen LogP contribution >= 0.6 is 0 Å². The lowest BCUT2D eigenvalue weighted by Crippen LogP contribution is -2.65. The first-order valence-electron chi connectivity index (χ1n) is 14.8. The lowest BCUT2D eigenvalue weighted by Gasteiger charge is -2.48. The van der Waals surface area contributed by atoms with E-state index >= 15 is 0 Å². The van der Waals surface area contributed by atoms with Crippen molar-refractivity contribution < 1.29 is 94.8 Å². The van der Waals surface area contributed by atoms with Crippen LogP contribution in [0.15, 0.2) is 0 Å². The fraction of sp³-hybridized carbons (Fsp3) is 1.00. The average molecular weight is 663 g/mol. The second kappa shape index (κ2) is 15.6. The van der Waals surface area contributed by atoms with E-state index in [0.29, 0.717) is 0 Å². The lowest BCUT2D eigenvalue weighted by molar-refractivity contribution is -0.353. The maximum absolute atomic E-state index is 11.0. The summed E-state index contributed by atoms with van der Waals surface area (Å²) in [5, 5.41) is 133.